The van der Waals surface area contributed by atoms with Gasteiger partial charge in [0.1, 0.15) is 5.69 Å². The molecule has 0 radical (unpaired) electrons. The summed E-state index contributed by atoms with van der Waals surface area (Å²) in [6.07, 6.45) is 0.583. The number of non-ortho nitro benzene ring substituents is 1. The van der Waals surface area contributed by atoms with Crippen LogP contribution in [0.25, 0.3) is 0 Å². The Morgan fingerprint density at radius 1 is 0.887 bits per heavy atom. The SMILES string of the molecule is COc1cc([C@H]2C3=CC[C@@H]4C(=O)N(c5ccc([N+](=O)[O-])cc5)C(=O)[C@@H]4[C@@H]3C[C@@]3(Cl)C(=O)N(c4c(F)c(F)c(F)c(F)c4F)C(=O)[C@@]23Cl)c(Br)c(Br)c1O. The van der Waals surface area contributed by atoms with E-state index in [0.717, 1.165) is 17.0 Å². The zero-order valence-corrected chi connectivity index (χ0v) is 30.9. The maximum absolute atomic E-state index is 15.3. The lowest BCUT2D eigenvalue weighted by Crippen LogP contribution is -2.60. The monoisotopic (exact) mass is 907 g/mol. The number of carbonyl (C=O) groups is 4. The number of nitro benzene ring substituents is 1. The summed E-state index contributed by atoms with van der Waals surface area (Å²) in [7, 11) is 1.18. The van der Waals surface area contributed by atoms with Crippen LogP contribution in [0.4, 0.5) is 39.0 Å². The molecule has 0 bridgehead atoms. The minimum absolute atomic E-state index is 0.000206. The number of carbonyl (C=O) groups excluding carboxylic acids is 4. The van der Waals surface area contributed by atoms with Crippen molar-refractivity contribution in [1.29, 1.82) is 0 Å². The van der Waals surface area contributed by atoms with Gasteiger partial charge in [-0.2, -0.15) is 0 Å². The number of halogens is 9. The number of nitrogens with zero attached hydrogens (tertiary/aromatic N) is 3. The van der Waals surface area contributed by atoms with Gasteiger partial charge in [0.15, 0.2) is 44.5 Å². The van der Waals surface area contributed by atoms with Crippen molar-refractivity contribution in [3.8, 4) is 11.5 Å². The van der Waals surface area contributed by atoms with Gasteiger partial charge < -0.3 is 9.84 Å². The molecule has 3 fully saturated rings. The number of alkyl halides is 2. The van der Waals surface area contributed by atoms with E-state index in [1.807, 2.05) is 0 Å². The highest BCUT2D eigenvalue weighted by Gasteiger charge is 2.77. The van der Waals surface area contributed by atoms with Crippen molar-refractivity contribution in [2.45, 2.75) is 28.5 Å². The Morgan fingerprint density at radius 3 is 2.04 bits per heavy atom. The third-order valence-corrected chi connectivity index (χ3v) is 13.8. The number of hydrogen-bond donors (Lipinski definition) is 1. The number of hydrogen-bond acceptors (Lipinski definition) is 8. The van der Waals surface area contributed by atoms with Crippen molar-refractivity contribution in [1.82, 2.24) is 0 Å². The van der Waals surface area contributed by atoms with E-state index in [2.05, 4.69) is 31.9 Å². The summed E-state index contributed by atoms with van der Waals surface area (Å²) in [5.41, 5.74) is -2.16. The van der Waals surface area contributed by atoms with Crippen LogP contribution in [-0.2, 0) is 19.2 Å². The van der Waals surface area contributed by atoms with E-state index >= 15 is 8.78 Å². The fraction of sp³-hybridized carbons (Fsp3) is 0.273. The average molecular weight is 910 g/mol. The van der Waals surface area contributed by atoms with Crippen LogP contribution in [0.3, 0.4) is 0 Å². The van der Waals surface area contributed by atoms with Crippen LogP contribution in [0, 0.1) is 57.0 Å². The lowest BCUT2D eigenvalue weighted by atomic mass is 9.56. The summed E-state index contributed by atoms with van der Waals surface area (Å²) in [5.74, 6) is -23.4. The number of benzene rings is 3. The number of phenols is 1. The summed E-state index contributed by atoms with van der Waals surface area (Å²) in [5, 5.41) is 21.9. The molecule has 2 saturated heterocycles. The lowest BCUT2D eigenvalue weighted by molar-refractivity contribution is -0.384. The van der Waals surface area contributed by atoms with Crippen LogP contribution in [0.1, 0.15) is 24.3 Å². The van der Waals surface area contributed by atoms with Gasteiger partial charge in [0.25, 0.3) is 17.5 Å². The number of imide groups is 2. The van der Waals surface area contributed by atoms with E-state index in [4.69, 9.17) is 27.9 Å². The van der Waals surface area contributed by atoms with E-state index < -0.39 is 109 Å². The number of aromatic hydroxyl groups is 1. The molecular weight excluding hydrogens is 892 g/mol. The maximum atomic E-state index is 15.3. The van der Waals surface area contributed by atoms with Crippen molar-refractivity contribution in [3.05, 3.63) is 95.7 Å². The molecule has 4 aliphatic rings. The first-order chi connectivity index (χ1) is 24.8. The zero-order chi connectivity index (χ0) is 38.8. The molecule has 2 aliphatic heterocycles. The number of anilines is 2. The Bertz CT molecular complexity index is 2250. The van der Waals surface area contributed by atoms with Gasteiger partial charge in [-0.1, -0.05) is 11.6 Å². The number of rotatable bonds is 5. The van der Waals surface area contributed by atoms with Gasteiger partial charge in [0.2, 0.25) is 17.6 Å². The van der Waals surface area contributed by atoms with E-state index in [1.165, 1.54) is 31.4 Å². The second-order valence-electron chi connectivity index (χ2n) is 12.6. The molecule has 0 aromatic heterocycles. The Morgan fingerprint density at radius 2 is 1.47 bits per heavy atom. The third-order valence-electron chi connectivity index (χ3n) is 10.2. The molecule has 276 valence electrons. The molecule has 1 saturated carbocycles. The molecule has 7 rings (SSSR count). The maximum Gasteiger partial charge on any atom is 0.269 e. The van der Waals surface area contributed by atoms with Crippen molar-refractivity contribution >= 4 is 95.8 Å². The minimum Gasteiger partial charge on any atom is -0.503 e. The first kappa shape index (κ1) is 37.2. The Balaban J connectivity index is 1.45. The predicted octanol–water partition coefficient (Wildman–Crippen LogP) is 7.30. The second-order valence-corrected chi connectivity index (χ2v) is 15.5. The summed E-state index contributed by atoms with van der Waals surface area (Å²) in [6.45, 7) is 0. The Hall–Kier alpha value is -4.13. The molecule has 2 heterocycles. The van der Waals surface area contributed by atoms with Gasteiger partial charge in [-0.15, -0.1) is 23.2 Å². The predicted molar refractivity (Wildman–Crippen MR) is 182 cm³/mol. The van der Waals surface area contributed by atoms with Crippen LogP contribution < -0.4 is 14.5 Å². The van der Waals surface area contributed by atoms with E-state index in [-0.39, 0.29) is 48.5 Å². The van der Waals surface area contributed by atoms with Gasteiger partial charge >= 0.3 is 0 Å². The number of allylic oxidation sites excluding steroid dienone is 2. The number of methoxy groups -OCH3 is 1. The number of phenolic OH excluding ortho intramolecular Hbond substituents is 1. The van der Waals surface area contributed by atoms with Gasteiger partial charge in [-0.3, -0.25) is 34.2 Å². The van der Waals surface area contributed by atoms with Crippen LogP contribution in [0.5, 0.6) is 11.5 Å². The van der Waals surface area contributed by atoms with Gasteiger partial charge in [-0.25, -0.2) is 26.9 Å². The molecule has 53 heavy (non-hydrogen) atoms. The number of nitro groups is 1. The van der Waals surface area contributed by atoms with Crippen LogP contribution in [0.15, 0.2) is 50.9 Å². The zero-order valence-electron chi connectivity index (χ0n) is 26.2. The number of fused-ring (bicyclic) bond motifs is 4. The first-order valence-electron chi connectivity index (χ1n) is 15.2. The van der Waals surface area contributed by atoms with Gasteiger partial charge in [0, 0.05) is 22.5 Å². The molecule has 0 spiro atoms. The van der Waals surface area contributed by atoms with Gasteiger partial charge in [-0.05, 0) is 74.4 Å². The molecule has 3 aromatic rings. The van der Waals surface area contributed by atoms with E-state index in [1.54, 1.807) is 0 Å². The molecule has 3 aromatic carbocycles. The van der Waals surface area contributed by atoms with Gasteiger partial charge in [0.05, 0.1) is 34.0 Å². The van der Waals surface area contributed by atoms with Crippen molar-refractivity contribution in [2.24, 2.45) is 17.8 Å². The Kier molecular flexibility index (Phi) is 8.74. The highest BCUT2D eigenvalue weighted by atomic mass is 79.9. The van der Waals surface area contributed by atoms with Crippen LogP contribution in [-0.4, -0.2) is 50.5 Å². The molecule has 0 unspecified atom stereocenters. The molecular formula is C33H18Br2Cl2F5N3O8. The van der Waals surface area contributed by atoms with Crippen molar-refractivity contribution in [2.75, 3.05) is 16.9 Å². The second kappa shape index (κ2) is 12.5. The molecule has 2 aliphatic carbocycles. The quantitative estimate of drug-likeness (QED) is 0.0411. The molecule has 4 amide bonds. The van der Waals surface area contributed by atoms with Crippen molar-refractivity contribution in [3.63, 3.8) is 0 Å². The normalized spacial score (nSPS) is 27.8. The molecule has 11 nitrogen and oxygen atoms in total. The van der Waals surface area contributed by atoms with E-state index in [0.29, 0.717) is 0 Å². The first-order valence-corrected chi connectivity index (χ1v) is 17.5. The average Bonchev–Trinajstić information content (AvgIpc) is 3.47. The summed E-state index contributed by atoms with van der Waals surface area (Å²) >= 11 is 20.9. The lowest BCUT2D eigenvalue weighted by Gasteiger charge is -2.51. The van der Waals surface area contributed by atoms with Crippen LogP contribution in [0.2, 0.25) is 0 Å². The fourth-order valence-corrected chi connectivity index (χ4v) is 9.75. The van der Waals surface area contributed by atoms with Crippen LogP contribution >= 0.6 is 55.1 Å². The topological polar surface area (TPSA) is 147 Å². The standard InChI is InChI=1S/C33H18Br2Cl2F5N3O8/c1-53-16-8-14(19(34)20(35)27(16)46)18-12-6-7-13-17(29(48)43(28(13)47)10-2-4-11(5-3-10)45(51)52)15(12)9-32(36)30(49)44(31(50)33(18,32)37)26-24(41)22(39)21(38)23(40)25(26)42/h2-6,8,13,15,17-18,46H,7,9H2,1H3/t13-,15+,17-,18+,32+,33-/m0/s1. The molecule has 1 N–H and O–H groups in total. The molecule has 20 heteroatoms. The number of ether oxygens (including phenoxy) is 1. The smallest absolute Gasteiger partial charge is 0.269 e. The largest absolute Gasteiger partial charge is 0.503 e. The number of amides is 4. The van der Waals surface area contributed by atoms with Crippen molar-refractivity contribution < 1.29 is 55.9 Å². The minimum atomic E-state index is -2.82. The highest BCUT2D eigenvalue weighted by molar-refractivity contribution is 9.13. The summed E-state index contributed by atoms with van der Waals surface area (Å²) < 4.78 is 78.9. The van der Waals surface area contributed by atoms with E-state index in [9.17, 15) is 47.6 Å². The molecule has 6 atom stereocenters. The summed E-state index contributed by atoms with van der Waals surface area (Å²) in [6, 6.07) is 5.74. The fourth-order valence-electron chi connectivity index (χ4n) is 7.87. The summed E-state index contributed by atoms with van der Waals surface area (Å²) in [4.78, 5) is 62.4. The highest BCUT2D eigenvalue weighted by Crippen LogP contribution is 2.67. The third kappa shape index (κ3) is 4.80. The Labute approximate surface area is 320 Å².